The van der Waals surface area contributed by atoms with Gasteiger partial charge in [-0.1, -0.05) is 12.1 Å². The Morgan fingerprint density at radius 2 is 1.96 bits per heavy atom. The monoisotopic (exact) mass is 332 g/mol. The molecule has 0 saturated heterocycles. The Hall–Kier alpha value is -2.72. The van der Waals surface area contributed by atoms with E-state index in [4.69, 9.17) is 14.7 Å². The number of anilines is 1. The summed E-state index contributed by atoms with van der Waals surface area (Å²) < 4.78 is 37.9. The van der Waals surface area contributed by atoms with Gasteiger partial charge in [0, 0.05) is 6.07 Å². The van der Waals surface area contributed by atoms with Crippen LogP contribution in [-0.2, 0) is 10.0 Å². The summed E-state index contributed by atoms with van der Waals surface area (Å²) >= 11 is 0. The Morgan fingerprint density at radius 3 is 2.65 bits per heavy atom. The van der Waals surface area contributed by atoms with E-state index in [1.807, 2.05) is 6.07 Å². The maximum Gasteiger partial charge on any atom is 0.265 e. The predicted molar refractivity (Wildman–Crippen MR) is 86.1 cm³/mol. The highest BCUT2D eigenvalue weighted by molar-refractivity contribution is 7.92. The topological polar surface area (TPSA) is 88.4 Å². The van der Waals surface area contributed by atoms with E-state index < -0.39 is 10.0 Å². The molecule has 0 aliphatic carbocycles. The second-order valence-corrected chi connectivity index (χ2v) is 6.39. The van der Waals surface area contributed by atoms with Crippen LogP contribution in [0, 0.1) is 18.3 Å². The molecular weight excluding hydrogens is 316 g/mol. The molecule has 0 heterocycles. The van der Waals surface area contributed by atoms with Crippen LogP contribution in [-0.4, -0.2) is 22.1 Å². The van der Waals surface area contributed by atoms with Gasteiger partial charge in [-0.05, 0) is 36.8 Å². The molecule has 0 fully saturated rings. The Balaban J connectivity index is 2.34. The van der Waals surface area contributed by atoms with Gasteiger partial charge in [-0.2, -0.15) is 5.26 Å². The molecule has 2 aromatic rings. The number of sulfonamides is 1. The molecule has 0 aliphatic heterocycles. The highest BCUT2D eigenvalue weighted by atomic mass is 32.2. The number of nitrogens with one attached hydrogen (secondary N) is 1. The van der Waals surface area contributed by atoms with Gasteiger partial charge >= 0.3 is 0 Å². The number of ether oxygens (including phenoxy) is 2. The predicted octanol–water partition coefficient (Wildman–Crippen LogP) is 2.71. The minimum atomic E-state index is -3.81. The van der Waals surface area contributed by atoms with Crippen LogP contribution in [0.25, 0.3) is 0 Å². The molecule has 6 nitrogen and oxygen atoms in total. The van der Waals surface area contributed by atoms with Crippen LogP contribution in [0.1, 0.15) is 5.56 Å². The second-order valence-electron chi connectivity index (χ2n) is 4.74. The Bertz CT molecular complexity index is 841. The van der Waals surface area contributed by atoms with Crippen LogP contribution in [0.3, 0.4) is 0 Å². The number of benzene rings is 2. The van der Waals surface area contributed by atoms with Crippen LogP contribution >= 0.6 is 0 Å². The van der Waals surface area contributed by atoms with Gasteiger partial charge in [0.2, 0.25) is 0 Å². The lowest BCUT2D eigenvalue weighted by Gasteiger charge is -2.13. The van der Waals surface area contributed by atoms with Gasteiger partial charge in [-0.25, -0.2) is 8.42 Å². The zero-order valence-electron chi connectivity index (χ0n) is 12.7. The van der Waals surface area contributed by atoms with Crippen LogP contribution in [0.15, 0.2) is 47.4 Å². The molecule has 0 aliphatic rings. The minimum Gasteiger partial charge on any atom is -0.495 e. The summed E-state index contributed by atoms with van der Waals surface area (Å²) in [7, 11) is -2.39. The van der Waals surface area contributed by atoms with Crippen molar-refractivity contribution < 1.29 is 17.9 Å². The molecule has 0 bridgehead atoms. The Labute approximate surface area is 135 Å². The van der Waals surface area contributed by atoms with Crippen molar-refractivity contribution in [3.8, 4) is 17.6 Å². The number of nitrogens with zero attached hydrogens (tertiary/aromatic N) is 1. The lowest BCUT2D eigenvalue weighted by atomic mass is 10.2. The molecule has 1 N–H and O–H groups in total. The number of rotatable bonds is 6. The third kappa shape index (κ3) is 4.14. The van der Waals surface area contributed by atoms with Crippen LogP contribution < -0.4 is 14.2 Å². The first kappa shape index (κ1) is 16.6. The molecule has 120 valence electrons. The third-order valence-corrected chi connectivity index (χ3v) is 4.39. The number of methoxy groups -OCH3 is 1. The van der Waals surface area contributed by atoms with E-state index >= 15 is 0 Å². The Morgan fingerprint density at radius 1 is 1.22 bits per heavy atom. The van der Waals surface area contributed by atoms with E-state index in [0.717, 1.165) is 5.56 Å². The van der Waals surface area contributed by atoms with Crippen LogP contribution in [0.5, 0.6) is 11.5 Å². The van der Waals surface area contributed by atoms with E-state index in [1.165, 1.54) is 19.2 Å². The van der Waals surface area contributed by atoms with Gasteiger partial charge in [-0.3, -0.25) is 4.72 Å². The smallest absolute Gasteiger partial charge is 0.265 e. The van der Waals surface area contributed by atoms with E-state index in [1.54, 1.807) is 37.3 Å². The van der Waals surface area contributed by atoms with Gasteiger partial charge in [0.15, 0.2) is 6.61 Å². The molecule has 0 atom stereocenters. The largest absolute Gasteiger partial charge is 0.495 e. The van der Waals surface area contributed by atoms with E-state index in [-0.39, 0.29) is 17.3 Å². The average Bonchev–Trinajstić information content (AvgIpc) is 2.52. The molecule has 2 rings (SSSR count). The molecule has 2 aromatic carbocycles. The number of aryl methyl sites for hydroxylation is 1. The minimum absolute atomic E-state index is 0.0449. The average molecular weight is 332 g/mol. The summed E-state index contributed by atoms with van der Waals surface area (Å²) in [5.41, 5.74) is 1.15. The fourth-order valence-electron chi connectivity index (χ4n) is 2.06. The highest BCUT2D eigenvalue weighted by Gasteiger charge is 2.19. The van der Waals surface area contributed by atoms with E-state index in [0.29, 0.717) is 11.4 Å². The third-order valence-electron chi connectivity index (χ3n) is 2.97. The quantitative estimate of drug-likeness (QED) is 0.878. The first-order chi connectivity index (χ1) is 11.0. The van der Waals surface area contributed by atoms with Crippen molar-refractivity contribution in [2.24, 2.45) is 0 Å². The first-order valence-electron chi connectivity index (χ1n) is 6.73. The SMILES string of the molecule is COc1ccccc1S(=O)(=O)Nc1cc(C)cc(OCC#N)c1. The molecule has 23 heavy (non-hydrogen) atoms. The van der Waals surface area contributed by atoms with E-state index in [2.05, 4.69) is 4.72 Å². The fourth-order valence-corrected chi connectivity index (χ4v) is 3.27. The summed E-state index contributed by atoms with van der Waals surface area (Å²) in [5, 5.41) is 8.56. The number of para-hydroxylation sites is 1. The van der Waals surface area contributed by atoms with Crippen molar-refractivity contribution >= 4 is 15.7 Å². The molecule has 0 radical (unpaired) electrons. The standard InChI is InChI=1S/C16H16N2O4S/c1-12-9-13(11-14(10-12)22-8-7-17)18-23(19,20)16-6-4-3-5-15(16)21-2/h3-6,9-11,18H,8H2,1-2H3. The van der Waals surface area contributed by atoms with Gasteiger partial charge in [0.1, 0.15) is 22.5 Å². The zero-order chi connectivity index (χ0) is 16.9. The number of nitriles is 1. The zero-order valence-corrected chi connectivity index (χ0v) is 13.6. The van der Waals surface area contributed by atoms with Crippen molar-refractivity contribution in [3.63, 3.8) is 0 Å². The van der Waals surface area contributed by atoms with Crippen molar-refractivity contribution in [2.45, 2.75) is 11.8 Å². The summed E-state index contributed by atoms with van der Waals surface area (Å²) in [6, 6.07) is 13.1. The molecule has 0 saturated carbocycles. The van der Waals surface area contributed by atoms with Crippen molar-refractivity contribution in [2.75, 3.05) is 18.4 Å². The van der Waals surface area contributed by atoms with Crippen LogP contribution in [0.4, 0.5) is 5.69 Å². The fraction of sp³-hybridized carbons (Fsp3) is 0.188. The molecule has 0 aromatic heterocycles. The van der Waals surface area contributed by atoms with Gasteiger partial charge in [0.25, 0.3) is 10.0 Å². The molecule has 0 unspecified atom stereocenters. The normalized spacial score (nSPS) is 10.7. The molecular formula is C16H16N2O4S. The van der Waals surface area contributed by atoms with Crippen molar-refractivity contribution in [1.82, 2.24) is 0 Å². The molecule has 0 amide bonds. The number of hydrogen-bond acceptors (Lipinski definition) is 5. The van der Waals surface area contributed by atoms with Crippen LogP contribution in [0.2, 0.25) is 0 Å². The summed E-state index contributed by atoms with van der Waals surface area (Å²) in [6.07, 6.45) is 0. The molecule has 7 heteroatoms. The van der Waals surface area contributed by atoms with Gasteiger partial charge < -0.3 is 9.47 Å². The summed E-state index contributed by atoms with van der Waals surface area (Å²) in [5.74, 6) is 0.679. The van der Waals surface area contributed by atoms with Crippen molar-refractivity contribution in [3.05, 3.63) is 48.0 Å². The number of hydrogen-bond donors (Lipinski definition) is 1. The highest BCUT2D eigenvalue weighted by Crippen LogP contribution is 2.27. The summed E-state index contributed by atoms with van der Waals surface area (Å²) in [6.45, 7) is 1.70. The maximum absolute atomic E-state index is 12.5. The maximum atomic E-state index is 12.5. The molecule has 0 spiro atoms. The summed E-state index contributed by atoms with van der Waals surface area (Å²) in [4.78, 5) is 0.0449. The van der Waals surface area contributed by atoms with E-state index in [9.17, 15) is 8.42 Å². The van der Waals surface area contributed by atoms with Crippen molar-refractivity contribution in [1.29, 1.82) is 5.26 Å². The van der Waals surface area contributed by atoms with Gasteiger partial charge in [-0.15, -0.1) is 0 Å². The Kier molecular flexibility index (Phi) is 5.09. The van der Waals surface area contributed by atoms with Gasteiger partial charge in [0.05, 0.1) is 12.8 Å². The first-order valence-corrected chi connectivity index (χ1v) is 8.22. The lowest BCUT2D eigenvalue weighted by Crippen LogP contribution is -2.14. The second kappa shape index (κ2) is 7.03. The lowest BCUT2D eigenvalue weighted by molar-refractivity contribution is 0.368.